The molecule has 0 aromatic heterocycles. The minimum Gasteiger partial charge on any atom is -0.356 e. The molecule has 3 heteroatoms. The van der Waals surface area contributed by atoms with Crippen LogP contribution in [0.5, 0.6) is 0 Å². The Morgan fingerprint density at radius 1 is 1.46 bits per heavy atom. The summed E-state index contributed by atoms with van der Waals surface area (Å²) in [4.78, 5) is 11.3. The molecule has 3 N–H and O–H groups in total. The summed E-state index contributed by atoms with van der Waals surface area (Å²) in [5.74, 6) is 0.483. The molecule has 1 amide bonds. The fourth-order valence-electron chi connectivity index (χ4n) is 0.916. The average Bonchev–Trinajstić information content (AvgIpc) is 1.97. The van der Waals surface area contributed by atoms with Gasteiger partial charge in [0.15, 0.2) is 0 Å². The quantitative estimate of drug-likeness (QED) is 0.691. The van der Waals surface area contributed by atoms with Crippen molar-refractivity contribution in [2.75, 3.05) is 13.1 Å². The number of rotatable bonds is 4. The van der Waals surface area contributed by atoms with Crippen molar-refractivity contribution in [1.82, 2.24) is 5.32 Å². The van der Waals surface area contributed by atoms with E-state index in [2.05, 4.69) is 26.1 Å². The van der Waals surface area contributed by atoms with Gasteiger partial charge in [-0.1, -0.05) is 27.7 Å². The second-order valence-corrected chi connectivity index (χ2v) is 4.88. The maximum Gasteiger partial charge on any atom is 0.220 e. The number of amides is 1. The Bertz CT molecular complexity index is 161. The van der Waals surface area contributed by atoms with Gasteiger partial charge in [-0.05, 0) is 17.9 Å². The van der Waals surface area contributed by atoms with Crippen LogP contribution in [0.15, 0.2) is 0 Å². The highest BCUT2D eigenvalue weighted by Gasteiger charge is 2.15. The van der Waals surface area contributed by atoms with Crippen LogP contribution in [0.3, 0.4) is 0 Å². The van der Waals surface area contributed by atoms with Crippen LogP contribution in [-0.2, 0) is 4.79 Å². The van der Waals surface area contributed by atoms with Crippen molar-refractivity contribution in [3.8, 4) is 0 Å². The summed E-state index contributed by atoms with van der Waals surface area (Å²) in [5.41, 5.74) is 5.50. The lowest BCUT2D eigenvalue weighted by atomic mass is 9.92. The summed E-state index contributed by atoms with van der Waals surface area (Å²) in [6.07, 6.45) is 0.574. The van der Waals surface area contributed by atoms with Crippen LogP contribution >= 0.6 is 0 Å². The predicted molar refractivity (Wildman–Crippen MR) is 55.3 cm³/mol. The molecular weight excluding hydrogens is 164 g/mol. The third-order valence-corrected chi connectivity index (χ3v) is 1.74. The average molecular weight is 186 g/mol. The predicted octanol–water partition coefficient (Wildman–Crippen LogP) is 1.13. The lowest BCUT2D eigenvalue weighted by Gasteiger charge is -2.18. The van der Waals surface area contributed by atoms with Gasteiger partial charge in [0.1, 0.15) is 0 Å². The molecule has 0 rings (SSSR count). The minimum atomic E-state index is 0.0655. The number of hydrogen-bond donors (Lipinski definition) is 2. The van der Waals surface area contributed by atoms with Gasteiger partial charge in [-0.3, -0.25) is 4.79 Å². The van der Waals surface area contributed by atoms with Gasteiger partial charge in [-0.15, -0.1) is 0 Å². The molecule has 0 aliphatic rings. The van der Waals surface area contributed by atoms with Crippen LogP contribution in [0, 0.1) is 11.3 Å². The molecule has 0 bridgehead atoms. The van der Waals surface area contributed by atoms with Crippen molar-refractivity contribution in [2.45, 2.75) is 34.1 Å². The molecule has 3 nitrogen and oxygen atoms in total. The topological polar surface area (TPSA) is 55.1 Å². The second-order valence-electron chi connectivity index (χ2n) is 4.88. The van der Waals surface area contributed by atoms with E-state index >= 15 is 0 Å². The van der Waals surface area contributed by atoms with Crippen LogP contribution < -0.4 is 11.1 Å². The van der Waals surface area contributed by atoms with Crippen molar-refractivity contribution in [3.05, 3.63) is 0 Å². The molecule has 0 aromatic rings. The van der Waals surface area contributed by atoms with Crippen LogP contribution in [0.4, 0.5) is 0 Å². The van der Waals surface area contributed by atoms with Crippen molar-refractivity contribution < 1.29 is 4.79 Å². The van der Waals surface area contributed by atoms with Crippen LogP contribution in [0.2, 0.25) is 0 Å². The molecule has 0 fully saturated rings. The monoisotopic (exact) mass is 186 g/mol. The first-order valence-electron chi connectivity index (χ1n) is 4.82. The van der Waals surface area contributed by atoms with Crippen molar-refractivity contribution in [3.63, 3.8) is 0 Å². The molecule has 0 radical (unpaired) electrons. The zero-order valence-electron chi connectivity index (χ0n) is 9.18. The first-order valence-corrected chi connectivity index (χ1v) is 4.82. The molecule has 0 spiro atoms. The normalized spacial score (nSPS) is 13.9. The SMILES string of the molecule is CC(CN)CNC(=O)CC(C)(C)C. The van der Waals surface area contributed by atoms with E-state index < -0.39 is 0 Å². The van der Waals surface area contributed by atoms with E-state index in [-0.39, 0.29) is 11.3 Å². The Hall–Kier alpha value is -0.570. The summed E-state index contributed by atoms with van der Waals surface area (Å²) < 4.78 is 0. The van der Waals surface area contributed by atoms with Crippen molar-refractivity contribution in [1.29, 1.82) is 0 Å². The fraction of sp³-hybridized carbons (Fsp3) is 0.900. The largest absolute Gasteiger partial charge is 0.356 e. The number of carbonyl (C=O) groups excluding carboxylic acids is 1. The lowest BCUT2D eigenvalue weighted by Crippen LogP contribution is -2.33. The van der Waals surface area contributed by atoms with E-state index in [0.29, 0.717) is 25.4 Å². The molecule has 0 saturated heterocycles. The second kappa shape index (κ2) is 5.22. The first kappa shape index (κ1) is 12.4. The number of hydrogen-bond acceptors (Lipinski definition) is 2. The van der Waals surface area contributed by atoms with E-state index in [4.69, 9.17) is 5.73 Å². The Balaban J connectivity index is 3.64. The molecule has 78 valence electrons. The van der Waals surface area contributed by atoms with Gasteiger partial charge >= 0.3 is 0 Å². The third-order valence-electron chi connectivity index (χ3n) is 1.74. The fourth-order valence-corrected chi connectivity index (χ4v) is 0.916. The Kier molecular flexibility index (Phi) is 4.99. The highest BCUT2D eigenvalue weighted by Crippen LogP contribution is 2.17. The Labute approximate surface area is 81.1 Å². The molecule has 0 aliphatic carbocycles. The van der Waals surface area contributed by atoms with Gasteiger partial charge < -0.3 is 11.1 Å². The maximum absolute atomic E-state index is 11.3. The zero-order chi connectivity index (χ0) is 10.5. The Morgan fingerprint density at radius 2 is 2.00 bits per heavy atom. The molecule has 0 aromatic carbocycles. The van der Waals surface area contributed by atoms with Gasteiger partial charge in [-0.25, -0.2) is 0 Å². The van der Waals surface area contributed by atoms with Gasteiger partial charge in [-0.2, -0.15) is 0 Å². The number of nitrogens with two attached hydrogens (primary N) is 1. The van der Waals surface area contributed by atoms with E-state index in [9.17, 15) is 4.79 Å². The highest BCUT2D eigenvalue weighted by atomic mass is 16.1. The Morgan fingerprint density at radius 3 is 2.38 bits per heavy atom. The van der Waals surface area contributed by atoms with E-state index in [1.54, 1.807) is 0 Å². The van der Waals surface area contributed by atoms with Crippen LogP contribution in [0.25, 0.3) is 0 Å². The molecule has 0 aliphatic heterocycles. The van der Waals surface area contributed by atoms with Crippen molar-refractivity contribution in [2.24, 2.45) is 17.1 Å². The first-order chi connectivity index (χ1) is 5.85. The van der Waals surface area contributed by atoms with Gasteiger partial charge in [0.2, 0.25) is 5.91 Å². The summed E-state index contributed by atoms with van der Waals surface area (Å²) in [5, 5.41) is 2.87. The lowest BCUT2D eigenvalue weighted by molar-refractivity contribution is -0.122. The summed E-state index contributed by atoms with van der Waals surface area (Å²) in [6.45, 7) is 9.50. The molecular formula is C10H22N2O. The summed E-state index contributed by atoms with van der Waals surface area (Å²) >= 11 is 0. The van der Waals surface area contributed by atoms with Gasteiger partial charge in [0.05, 0.1) is 0 Å². The summed E-state index contributed by atoms with van der Waals surface area (Å²) in [6, 6.07) is 0. The number of carbonyl (C=O) groups is 1. The third kappa shape index (κ3) is 7.78. The molecule has 0 heterocycles. The van der Waals surface area contributed by atoms with Crippen LogP contribution in [0.1, 0.15) is 34.1 Å². The van der Waals surface area contributed by atoms with Crippen molar-refractivity contribution >= 4 is 5.91 Å². The van der Waals surface area contributed by atoms with Crippen LogP contribution in [-0.4, -0.2) is 19.0 Å². The van der Waals surface area contributed by atoms with Gasteiger partial charge in [0.25, 0.3) is 0 Å². The smallest absolute Gasteiger partial charge is 0.220 e. The molecule has 1 unspecified atom stereocenters. The van der Waals surface area contributed by atoms with Gasteiger partial charge in [0, 0.05) is 13.0 Å². The van der Waals surface area contributed by atoms with E-state index in [0.717, 1.165) is 0 Å². The summed E-state index contributed by atoms with van der Waals surface area (Å²) in [7, 11) is 0. The maximum atomic E-state index is 11.3. The minimum absolute atomic E-state index is 0.0655. The molecule has 0 saturated carbocycles. The van der Waals surface area contributed by atoms with E-state index in [1.807, 2.05) is 6.92 Å². The molecule has 1 atom stereocenters. The zero-order valence-corrected chi connectivity index (χ0v) is 9.18. The number of nitrogens with one attached hydrogen (secondary N) is 1. The highest BCUT2D eigenvalue weighted by molar-refractivity contribution is 5.76. The van der Waals surface area contributed by atoms with E-state index in [1.165, 1.54) is 0 Å². The standard InChI is InChI=1S/C10H22N2O/c1-8(6-11)7-12-9(13)5-10(2,3)4/h8H,5-7,11H2,1-4H3,(H,12,13). The molecule has 13 heavy (non-hydrogen) atoms.